The number of anilines is 1. The number of para-hydroxylation sites is 1. The van der Waals surface area contributed by atoms with Gasteiger partial charge in [0.2, 0.25) is 0 Å². The first kappa shape index (κ1) is 23.2. The second kappa shape index (κ2) is 9.96. The first-order valence-electron chi connectivity index (χ1n) is 11.9. The molecule has 0 radical (unpaired) electrons. The summed E-state index contributed by atoms with van der Waals surface area (Å²) in [5.74, 6) is -0.296. The van der Waals surface area contributed by atoms with E-state index in [1.165, 1.54) is 5.56 Å². The Bertz CT molecular complexity index is 1280. The number of rotatable bonds is 6. The van der Waals surface area contributed by atoms with Crippen molar-refractivity contribution in [2.75, 3.05) is 11.9 Å². The topological polar surface area (TPSA) is 64.6 Å². The monoisotopic (exact) mass is 487 g/mol. The number of esters is 2. The zero-order valence-corrected chi connectivity index (χ0v) is 20.1. The summed E-state index contributed by atoms with van der Waals surface area (Å²) in [5, 5.41) is 4.38. The number of nitrogens with one attached hydrogen (secondary N) is 1. The van der Waals surface area contributed by atoms with Gasteiger partial charge in [-0.05, 0) is 72.4 Å². The van der Waals surface area contributed by atoms with Gasteiger partial charge in [0.1, 0.15) is 11.3 Å². The molecule has 3 aromatic carbocycles. The van der Waals surface area contributed by atoms with Crippen LogP contribution in [0.15, 0.2) is 78.9 Å². The minimum Gasteiger partial charge on any atom is -0.462 e. The number of hydrogen-bond acceptors (Lipinski definition) is 5. The number of carbonyl (C=O) groups excluding carboxylic acids is 2. The first-order valence-corrected chi connectivity index (χ1v) is 12.2. The van der Waals surface area contributed by atoms with Crippen LogP contribution in [0.25, 0.3) is 0 Å². The van der Waals surface area contributed by atoms with Gasteiger partial charge in [0, 0.05) is 16.6 Å². The van der Waals surface area contributed by atoms with Crippen LogP contribution in [-0.2, 0) is 4.74 Å². The van der Waals surface area contributed by atoms with Crippen LogP contribution in [0.2, 0.25) is 5.02 Å². The number of carbonyl (C=O) groups is 2. The van der Waals surface area contributed by atoms with Gasteiger partial charge >= 0.3 is 11.9 Å². The standard InChI is InChI=1S/C29H26ClNO4/c1-2-16-34-29(33)23-6-3-4-9-26(23)35-28(32)19-12-15-25-24(17-19)21-7-5-8-22(21)27(31-25)18-10-13-20(30)14-11-18/h3-7,9-15,17,21-22,27,31H,2,8,16H2,1H3/t21-,22-,27+/m1/s1. The van der Waals surface area contributed by atoms with Crippen LogP contribution in [-0.4, -0.2) is 18.5 Å². The van der Waals surface area contributed by atoms with Gasteiger partial charge in [0.25, 0.3) is 0 Å². The van der Waals surface area contributed by atoms with E-state index in [4.69, 9.17) is 21.1 Å². The summed E-state index contributed by atoms with van der Waals surface area (Å²) in [4.78, 5) is 25.5. The largest absolute Gasteiger partial charge is 0.462 e. The Morgan fingerprint density at radius 3 is 2.63 bits per heavy atom. The Kier molecular flexibility index (Phi) is 6.60. The van der Waals surface area contributed by atoms with Crippen molar-refractivity contribution in [2.24, 2.45) is 5.92 Å². The van der Waals surface area contributed by atoms with Crippen LogP contribution < -0.4 is 10.1 Å². The average molecular weight is 488 g/mol. The van der Waals surface area contributed by atoms with E-state index in [-0.39, 0.29) is 23.3 Å². The van der Waals surface area contributed by atoms with E-state index in [2.05, 4.69) is 29.6 Å². The quantitative estimate of drug-likeness (QED) is 0.231. The molecule has 1 heterocycles. The van der Waals surface area contributed by atoms with Gasteiger partial charge in [-0.15, -0.1) is 0 Å². The van der Waals surface area contributed by atoms with Crippen molar-refractivity contribution < 1.29 is 19.1 Å². The van der Waals surface area contributed by atoms with E-state index in [9.17, 15) is 9.59 Å². The third-order valence-corrected chi connectivity index (χ3v) is 6.83. The molecule has 0 amide bonds. The van der Waals surface area contributed by atoms with Gasteiger partial charge in [-0.3, -0.25) is 0 Å². The molecular weight excluding hydrogens is 462 g/mol. The highest BCUT2D eigenvalue weighted by atomic mass is 35.5. The van der Waals surface area contributed by atoms with Crippen molar-refractivity contribution in [2.45, 2.75) is 31.7 Å². The molecule has 1 aliphatic heterocycles. The Hall–Kier alpha value is -3.57. The van der Waals surface area contributed by atoms with Gasteiger partial charge in [0.15, 0.2) is 0 Å². The predicted octanol–water partition coefficient (Wildman–Crippen LogP) is 6.95. The number of ether oxygens (including phenoxy) is 2. The maximum Gasteiger partial charge on any atom is 0.343 e. The second-order valence-electron chi connectivity index (χ2n) is 8.85. The SMILES string of the molecule is CCCOC(=O)c1ccccc1OC(=O)c1ccc2c(c1)[C@@H]1C=CC[C@H]1[C@H](c1ccc(Cl)cc1)N2. The molecule has 35 heavy (non-hydrogen) atoms. The van der Waals surface area contributed by atoms with E-state index < -0.39 is 11.9 Å². The third kappa shape index (κ3) is 4.69. The van der Waals surface area contributed by atoms with E-state index in [1.54, 1.807) is 30.3 Å². The summed E-state index contributed by atoms with van der Waals surface area (Å²) >= 11 is 6.10. The highest BCUT2D eigenvalue weighted by Gasteiger charge is 2.38. The molecule has 0 aromatic heterocycles. The molecule has 0 spiro atoms. The molecule has 3 aromatic rings. The van der Waals surface area contributed by atoms with Crippen LogP contribution in [0.4, 0.5) is 5.69 Å². The Morgan fingerprint density at radius 1 is 1.03 bits per heavy atom. The molecule has 2 aliphatic rings. The molecule has 1 N–H and O–H groups in total. The number of allylic oxidation sites excluding steroid dienone is 2. The lowest BCUT2D eigenvalue weighted by molar-refractivity contribution is 0.0499. The molecule has 5 nitrogen and oxygen atoms in total. The number of halogens is 1. The predicted molar refractivity (Wildman–Crippen MR) is 136 cm³/mol. The van der Waals surface area contributed by atoms with Crippen molar-refractivity contribution in [3.05, 3.63) is 106 Å². The molecule has 0 fully saturated rings. The molecule has 1 aliphatic carbocycles. The number of fused-ring (bicyclic) bond motifs is 3. The van der Waals surface area contributed by atoms with E-state index in [0.29, 0.717) is 24.5 Å². The summed E-state index contributed by atoms with van der Waals surface area (Å²) in [5.41, 5.74) is 3.93. The van der Waals surface area contributed by atoms with Crippen LogP contribution in [0.5, 0.6) is 5.75 Å². The van der Waals surface area contributed by atoms with Crippen LogP contribution >= 0.6 is 11.6 Å². The highest BCUT2D eigenvalue weighted by molar-refractivity contribution is 6.30. The van der Waals surface area contributed by atoms with Gasteiger partial charge in [-0.1, -0.05) is 54.9 Å². The Morgan fingerprint density at radius 2 is 1.83 bits per heavy atom. The molecule has 0 unspecified atom stereocenters. The van der Waals surface area contributed by atoms with E-state index in [1.807, 2.05) is 31.2 Å². The molecule has 0 saturated carbocycles. The second-order valence-corrected chi connectivity index (χ2v) is 9.29. The van der Waals surface area contributed by atoms with Crippen molar-refractivity contribution in [1.29, 1.82) is 0 Å². The zero-order valence-electron chi connectivity index (χ0n) is 19.4. The van der Waals surface area contributed by atoms with Crippen molar-refractivity contribution in [1.82, 2.24) is 0 Å². The normalized spacial score (nSPS) is 19.9. The van der Waals surface area contributed by atoms with Crippen molar-refractivity contribution in [3.63, 3.8) is 0 Å². The molecule has 3 atom stereocenters. The highest BCUT2D eigenvalue weighted by Crippen LogP contribution is 2.50. The van der Waals surface area contributed by atoms with Crippen LogP contribution in [0, 0.1) is 5.92 Å². The van der Waals surface area contributed by atoms with E-state index >= 15 is 0 Å². The number of benzene rings is 3. The lowest BCUT2D eigenvalue weighted by Crippen LogP contribution is -2.29. The maximum atomic E-state index is 13.1. The van der Waals surface area contributed by atoms with Crippen LogP contribution in [0.1, 0.15) is 63.6 Å². The van der Waals surface area contributed by atoms with Crippen molar-refractivity contribution in [3.8, 4) is 5.75 Å². The molecule has 0 bridgehead atoms. The summed E-state index contributed by atoms with van der Waals surface area (Å²) in [6.45, 7) is 2.23. The lowest BCUT2D eigenvalue weighted by atomic mass is 9.76. The summed E-state index contributed by atoms with van der Waals surface area (Å²) in [6, 6.07) is 20.3. The average Bonchev–Trinajstić information content (AvgIpc) is 3.38. The first-order chi connectivity index (χ1) is 17.0. The smallest absolute Gasteiger partial charge is 0.343 e. The number of hydrogen-bond donors (Lipinski definition) is 1. The molecule has 5 rings (SSSR count). The summed E-state index contributed by atoms with van der Waals surface area (Å²) in [7, 11) is 0. The minimum absolute atomic E-state index is 0.151. The Labute approximate surface area is 209 Å². The van der Waals surface area contributed by atoms with Gasteiger partial charge < -0.3 is 14.8 Å². The van der Waals surface area contributed by atoms with Gasteiger partial charge in [-0.2, -0.15) is 0 Å². The fourth-order valence-electron chi connectivity index (χ4n) is 4.88. The van der Waals surface area contributed by atoms with Gasteiger partial charge in [0.05, 0.1) is 18.2 Å². The third-order valence-electron chi connectivity index (χ3n) is 6.57. The maximum absolute atomic E-state index is 13.1. The Balaban J connectivity index is 1.40. The van der Waals surface area contributed by atoms with Gasteiger partial charge in [-0.25, -0.2) is 9.59 Å². The molecule has 0 saturated heterocycles. The fourth-order valence-corrected chi connectivity index (χ4v) is 5.00. The zero-order chi connectivity index (χ0) is 24.4. The molecule has 6 heteroatoms. The fraction of sp³-hybridized carbons (Fsp3) is 0.241. The lowest BCUT2D eigenvalue weighted by Gasteiger charge is -2.37. The summed E-state index contributed by atoms with van der Waals surface area (Å²) < 4.78 is 10.9. The molecule has 178 valence electrons. The molecular formula is C29H26ClNO4. The minimum atomic E-state index is -0.512. The summed E-state index contributed by atoms with van der Waals surface area (Å²) in [6.07, 6.45) is 6.10. The van der Waals surface area contributed by atoms with Crippen LogP contribution in [0.3, 0.4) is 0 Å². The van der Waals surface area contributed by atoms with E-state index in [0.717, 1.165) is 22.7 Å². The van der Waals surface area contributed by atoms with Crippen molar-refractivity contribution >= 4 is 29.2 Å².